The Morgan fingerprint density at radius 2 is 1.92 bits per heavy atom. The number of para-hydroxylation sites is 1. The summed E-state index contributed by atoms with van der Waals surface area (Å²) in [6.45, 7) is 1.98. The highest BCUT2D eigenvalue weighted by Crippen LogP contribution is 2.36. The lowest BCUT2D eigenvalue weighted by Crippen LogP contribution is -2.19. The molecule has 6 heteroatoms. The highest BCUT2D eigenvalue weighted by Gasteiger charge is 2.20. The van der Waals surface area contributed by atoms with Gasteiger partial charge in [-0.05, 0) is 30.5 Å². The van der Waals surface area contributed by atoms with Gasteiger partial charge in [0.15, 0.2) is 0 Å². The van der Waals surface area contributed by atoms with E-state index in [9.17, 15) is 13.2 Å². The number of hydrogen-bond donors (Lipinski definition) is 2. The zero-order valence-corrected chi connectivity index (χ0v) is 15.2. The monoisotopic (exact) mass is 358 g/mol. The Balaban J connectivity index is 1.98. The van der Waals surface area contributed by atoms with Crippen molar-refractivity contribution < 1.29 is 13.2 Å². The molecule has 2 N–H and O–H groups in total. The number of fused-ring (bicyclic) bond motifs is 1. The second-order valence-corrected chi connectivity index (χ2v) is 8.87. The van der Waals surface area contributed by atoms with Crippen molar-refractivity contribution in [2.45, 2.75) is 25.8 Å². The minimum atomic E-state index is -2.99. The average molecular weight is 358 g/mol. The summed E-state index contributed by atoms with van der Waals surface area (Å²) in [4.78, 5) is 11.9. The van der Waals surface area contributed by atoms with Crippen LogP contribution in [-0.2, 0) is 21.1 Å². The Morgan fingerprint density at radius 1 is 1.16 bits per heavy atom. The minimum absolute atomic E-state index is 0.00203. The van der Waals surface area contributed by atoms with E-state index >= 15 is 0 Å². The van der Waals surface area contributed by atoms with Crippen molar-refractivity contribution in [3.63, 3.8) is 0 Å². The van der Waals surface area contributed by atoms with Crippen LogP contribution < -0.4 is 10.6 Å². The SMILES string of the molecule is C[C@@H]1CC(=O)Nc2cccc(-c3cccc(CCS(C)(=O)=O)c3)c2N1. The molecule has 0 unspecified atom stereocenters. The molecule has 2 aromatic rings. The predicted octanol–water partition coefficient (Wildman–Crippen LogP) is 3.08. The molecule has 132 valence electrons. The fraction of sp³-hybridized carbons (Fsp3) is 0.316. The highest BCUT2D eigenvalue weighted by atomic mass is 32.2. The minimum Gasteiger partial charge on any atom is -0.380 e. The van der Waals surface area contributed by atoms with Gasteiger partial charge in [-0.3, -0.25) is 4.79 Å². The molecule has 0 radical (unpaired) electrons. The lowest BCUT2D eigenvalue weighted by molar-refractivity contribution is -0.116. The quantitative estimate of drug-likeness (QED) is 0.881. The van der Waals surface area contributed by atoms with E-state index in [-0.39, 0.29) is 17.7 Å². The zero-order chi connectivity index (χ0) is 18.0. The highest BCUT2D eigenvalue weighted by molar-refractivity contribution is 7.90. The topological polar surface area (TPSA) is 75.3 Å². The number of sulfone groups is 1. The van der Waals surface area contributed by atoms with E-state index < -0.39 is 9.84 Å². The molecule has 0 bridgehead atoms. The first-order chi connectivity index (χ1) is 11.8. The van der Waals surface area contributed by atoms with Crippen molar-refractivity contribution >= 4 is 27.1 Å². The Kier molecular flexibility index (Phi) is 4.81. The van der Waals surface area contributed by atoms with Gasteiger partial charge >= 0.3 is 0 Å². The van der Waals surface area contributed by atoms with Crippen LogP contribution in [0.25, 0.3) is 11.1 Å². The van der Waals surface area contributed by atoms with Crippen LogP contribution in [0.15, 0.2) is 42.5 Å². The first-order valence-electron chi connectivity index (χ1n) is 8.28. The van der Waals surface area contributed by atoms with Gasteiger partial charge in [-0.1, -0.05) is 36.4 Å². The van der Waals surface area contributed by atoms with Gasteiger partial charge in [0, 0.05) is 24.3 Å². The number of carbonyl (C=O) groups is 1. The van der Waals surface area contributed by atoms with E-state index in [0.29, 0.717) is 12.8 Å². The summed E-state index contributed by atoms with van der Waals surface area (Å²) >= 11 is 0. The van der Waals surface area contributed by atoms with Gasteiger partial charge in [0.25, 0.3) is 0 Å². The fourth-order valence-corrected chi connectivity index (χ4v) is 3.63. The molecular weight excluding hydrogens is 336 g/mol. The predicted molar refractivity (Wildman–Crippen MR) is 102 cm³/mol. The normalized spacial score (nSPS) is 17.2. The van der Waals surface area contributed by atoms with Crippen molar-refractivity contribution in [3.05, 3.63) is 48.0 Å². The fourth-order valence-electron chi connectivity index (χ4n) is 3.03. The van der Waals surface area contributed by atoms with Gasteiger partial charge in [0.05, 0.1) is 17.1 Å². The average Bonchev–Trinajstić information content (AvgIpc) is 2.68. The van der Waals surface area contributed by atoms with Gasteiger partial charge < -0.3 is 10.6 Å². The number of anilines is 2. The van der Waals surface area contributed by atoms with Crippen LogP contribution in [0.4, 0.5) is 11.4 Å². The second kappa shape index (κ2) is 6.88. The van der Waals surface area contributed by atoms with Gasteiger partial charge in [-0.2, -0.15) is 0 Å². The van der Waals surface area contributed by atoms with E-state index in [1.54, 1.807) is 0 Å². The number of carbonyl (C=O) groups excluding carboxylic acids is 1. The first-order valence-corrected chi connectivity index (χ1v) is 10.3. The third-order valence-electron chi connectivity index (χ3n) is 4.22. The summed E-state index contributed by atoms with van der Waals surface area (Å²) in [6.07, 6.45) is 2.16. The molecule has 0 saturated carbocycles. The van der Waals surface area contributed by atoms with Crippen LogP contribution >= 0.6 is 0 Å². The molecule has 1 aliphatic heterocycles. The maximum Gasteiger partial charge on any atom is 0.226 e. The standard InChI is InChI=1S/C19H22N2O3S/c1-13-11-18(22)21-17-8-4-7-16(19(17)20-13)15-6-3-5-14(12-15)9-10-25(2,23)24/h3-8,12-13,20H,9-11H2,1-2H3,(H,21,22)/t13-/m1/s1. The third-order valence-corrected chi connectivity index (χ3v) is 5.17. The van der Waals surface area contributed by atoms with Gasteiger partial charge in [-0.25, -0.2) is 8.42 Å². The molecule has 1 heterocycles. The van der Waals surface area contributed by atoms with Crippen molar-refractivity contribution in [2.24, 2.45) is 0 Å². The van der Waals surface area contributed by atoms with Crippen LogP contribution in [-0.4, -0.2) is 32.4 Å². The molecule has 0 aliphatic carbocycles. The van der Waals surface area contributed by atoms with Crippen LogP contribution in [0, 0.1) is 0 Å². The van der Waals surface area contributed by atoms with Crippen molar-refractivity contribution in [3.8, 4) is 11.1 Å². The largest absolute Gasteiger partial charge is 0.380 e. The van der Waals surface area contributed by atoms with Crippen LogP contribution in [0.5, 0.6) is 0 Å². The third kappa shape index (κ3) is 4.39. The maximum absolute atomic E-state index is 11.9. The van der Waals surface area contributed by atoms with Crippen LogP contribution in [0.1, 0.15) is 18.9 Å². The van der Waals surface area contributed by atoms with E-state index in [1.165, 1.54) is 6.26 Å². The van der Waals surface area contributed by atoms with E-state index in [4.69, 9.17) is 0 Å². The lowest BCUT2D eigenvalue weighted by atomic mass is 9.99. The van der Waals surface area contributed by atoms with Crippen LogP contribution in [0.3, 0.4) is 0 Å². The Morgan fingerprint density at radius 3 is 2.68 bits per heavy atom. The summed E-state index contributed by atoms with van der Waals surface area (Å²) in [6, 6.07) is 13.7. The number of amides is 1. The van der Waals surface area contributed by atoms with Crippen molar-refractivity contribution in [1.29, 1.82) is 0 Å². The molecule has 3 rings (SSSR count). The number of nitrogens with one attached hydrogen (secondary N) is 2. The lowest BCUT2D eigenvalue weighted by Gasteiger charge is -2.17. The molecule has 0 aromatic heterocycles. The molecule has 2 aromatic carbocycles. The van der Waals surface area contributed by atoms with Crippen molar-refractivity contribution in [1.82, 2.24) is 0 Å². The van der Waals surface area contributed by atoms with Gasteiger partial charge in [0.2, 0.25) is 5.91 Å². The van der Waals surface area contributed by atoms with E-state index in [2.05, 4.69) is 10.6 Å². The van der Waals surface area contributed by atoms with E-state index in [1.807, 2.05) is 49.4 Å². The molecule has 0 spiro atoms. The summed E-state index contributed by atoms with van der Waals surface area (Å²) in [5.74, 6) is 0.132. The number of benzene rings is 2. The zero-order valence-electron chi connectivity index (χ0n) is 14.4. The Bertz CT molecular complexity index is 907. The smallest absolute Gasteiger partial charge is 0.226 e. The summed E-state index contributed by atoms with van der Waals surface area (Å²) in [5.41, 5.74) is 4.65. The molecular formula is C19H22N2O3S. The molecule has 25 heavy (non-hydrogen) atoms. The molecule has 0 saturated heterocycles. The Labute approximate surface area is 148 Å². The number of hydrogen-bond acceptors (Lipinski definition) is 4. The molecule has 0 fully saturated rings. The molecule has 1 atom stereocenters. The molecule has 1 amide bonds. The van der Waals surface area contributed by atoms with E-state index in [0.717, 1.165) is 28.1 Å². The number of rotatable bonds is 4. The first kappa shape index (κ1) is 17.5. The van der Waals surface area contributed by atoms with Crippen LogP contribution in [0.2, 0.25) is 0 Å². The van der Waals surface area contributed by atoms with Gasteiger partial charge in [-0.15, -0.1) is 0 Å². The molecule has 1 aliphatic rings. The summed E-state index contributed by atoms with van der Waals surface area (Å²) in [5, 5.41) is 6.36. The second-order valence-electron chi connectivity index (χ2n) is 6.61. The Hall–Kier alpha value is -2.34. The summed E-state index contributed by atoms with van der Waals surface area (Å²) < 4.78 is 22.8. The molecule has 5 nitrogen and oxygen atoms in total. The van der Waals surface area contributed by atoms with Gasteiger partial charge in [0.1, 0.15) is 9.84 Å². The number of aryl methyl sites for hydroxylation is 1. The maximum atomic E-state index is 11.9. The summed E-state index contributed by atoms with van der Waals surface area (Å²) in [7, 11) is -2.99. The van der Waals surface area contributed by atoms with Crippen molar-refractivity contribution in [2.75, 3.05) is 22.6 Å².